The van der Waals surface area contributed by atoms with Gasteiger partial charge in [-0.2, -0.15) is 0 Å². The van der Waals surface area contributed by atoms with Crippen LogP contribution in [0.2, 0.25) is 0 Å². The third kappa shape index (κ3) is 2.87. The van der Waals surface area contributed by atoms with Crippen molar-refractivity contribution in [3.8, 4) is 0 Å². The Bertz CT molecular complexity index is 968. The maximum atomic E-state index is 13.4. The molecule has 0 aliphatic heterocycles. The van der Waals surface area contributed by atoms with Gasteiger partial charge in [0.15, 0.2) is 0 Å². The van der Waals surface area contributed by atoms with Gasteiger partial charge in [-0.25, -0.2) is 4.79 Å². The zero-order valence-corrected chi connectivity index (χ0v) is 17.1. The predicted octanol–water partition coefficient (Wildman–Crippen LogP) is 5.05. The monoisotopic (exact) mass is 390 g/mol. The van der Waals surface area contributed by atoms with Crippen LogP contribution < -0.4 is 5.32 Å². The lowest BCUT2D eigenvalue weighted by Gasteiger charge is -2.39. The number of oxime groups is 1. The van der Waals surface area contributed by atoms with Crippen LogP contribution in [-0.4, -0.2) is 17.6 Å². The van der Waals surface area contributed by atoms with Gasteiger partial charge in [-0.1, -0.05) is 62.3 Å². The van der Waals surface area contributed by atoms with E-state index in [-0.39, 0.29) is 16.7 Å². The SMILES string of the molecule is CC12CCC(C(=O)Nc3ccccc3)(C/C1=N\OC(=O)c1ccccc1)C2(C)C. The zero-order valence-electron chi connectivity index (χ0n) is 17.1. The molecule has 2 aliphatic rings. The highest BCUT2D eigenvalue weighted by molar-refractivity contribution is 6.06. The number of benzene rings is 2. The Labute approximate surface area is 171 Å². The van der Waals surface area contributed by atoms with Crippen LogP contribution in [-0.2, 0) is 9.63 Å². The number of amides is 1. The number of carbonyl (C=O) groups is 2. The van der Waals surface area contributed by atoms with Gasteiger partial charge in [0, 0.05) is 17.5 Å². The minimum absolute atomic E-state index is 0.0111. The van der Waals surface area contributed by atoms with E-state index >= 15 is 0 Å². The number of carbonyl (C=O) groups excluding carboxylic acids is 2. The lowest BCUT2D eigenvalue weighted by molar-refractivity contribution is -0.130. The average molecular weight is 390 g/mol. The molecule has 5 nitrogen and oxygen atoms in total. The second kappa shape index (κ2) is 6.83. The van der Waals surface area contributed by atoms with Gasteiger partial charge in [0.2, 0.25) is 5.91 Å². The topological polar surface area (TPSA) is 67.8 Å². The van der Waals surface area contributed by atoms with E-state index in [4.69, 9.17) is 4.84 Å². The first-order chi connectivity index (χ1) is 13.8. The molecule has 0 aromatic heterocycles. The number of nitrogens with one attached hydrogen (secondary N) is 1. The van der Waals surface area contributed by atoms with Crippen molar-refractivity contribution in [1.82, 2.24) is 0 Å². The van der Waals surface area contributed by atoms with Gasteiger partial charge < -0.3 is 10.2 Å². The summed E-state index contributed by atoms with van der Waals surface area (Å²) >= 11 is 0. The van der Waals surface area contributed by atoms with Crippen LogP contribution in [0, 0.1) is 16.2 Å². The molecule has 2 aromatic rings. The van der Waals surface area contributed by atoms with Crippen molar-refractivity contribution >= 4 is 23.3 Å². The van der Waals surface area contributed by atoms with Crippen molar-refractivity contribution in [2.45, 2.75) is 40.0 Å². The molecule has 0 spiro atoms. The molecule has 29 heavy (non-hydrogen) atoms. The first-order valence-electron chi connectivity index (χ1n) is 10.0. The van der Waals surface area contributed by atoms with Crippen LogP contribution >= 0.6 is 0 Å². The minimum Gasteiger partial charge on any atom is -0.326 e. The smallest absolute Gasteiger partial charge is 0.326 e. The van der Waals surface area contributed by atoms with Crippen LogP contribution in [0.1, 0.15) is 50.4 Å². The molecule has 2 bridgehead atoms. The molecule has 0 radical (unpaired) electrons. The quantitative estimate of drug-likeness (QED) is 0.586. The molecule has 2 aliphatic carbocycles. The largest absolute Gasteiger partial charge is 0.365 e. The van der Waals surface area contributed by atoms with Crippen molar-refractivity contribution in [1.29, 1.82) is 0 Å². The van der Waals surface area contributed by atoms with E-state index in [1.807, 2.05) is 36.4 Å². The summed E-state index contributed by atoms with van der Waals surface area (Å²) in [4.78, 5) is 31.0. The van der Waals surface area contributed by atoms with Crippen molar-refractivity contribution in [3.05, 3.63) is 66.2 Å². The zero-order chi connectivity index (χ0) is 20.7. The fraction of sp³-hybridized carbons (Fsp3) is 0.375. The number of hydrogen-bond donors (Lipinski definition) is 1. The number of anilines is 1. The molecule has 4 rings (SSSR count). The van der Waals surface area contributed by atoms with Crippen LogP contribution in [0.5, 0.6) is 0 Å². The minimum atomic E-state index is -0.574. The maximum Gasteiger partial charge on any atom is 0.365 e. The molecular formula is C24H26N2O3. The van der Waals surface area contributed by atoms with Crippen molar-refractivity contribution in [3.63, 3.8) is 0 Å². The second-order valence-electron chi connectivity index (χ2n) is 8.82. The predicted molar refractivity (Wildman–Crippen MR) is 113 cm³/mol. The van der Waals surface area contributed by atoms with E-state index in [1.54, 1.807) is 24.3 Å². The van der Waals surface area contributed by atoms with E-state index in [0.717, 1.165) is 24.2 Å². The molecule has 5 heteroatoms. The molecule has 2 saturated carbocycles. The fourth-order valence-electron chi connectivity index (χ4n) is 5.02. The van der Waals surface area contributed by atoms with Crippen LogP contribution in [0.25, 0.3) is 0 Å². The van der Waals surface area contributed by atoms with E-state index in [2.05, 4.69) is 31.2 Å². The van der Waals surface area contributed by atoms with Crippen LogP contribution in [0.4, 0.5) is 5.69 Å². The van der Waals surface area contributed by atoms with E-state index in [0.29, 0.717) is 12.0 Å². The van der Waals surface area contributed by atoms with E-state index in [9.17, 15) is 9.59 Å². The third-order valence-electron chi connectivity index (χ3n) is 7.45. The van der Waals surface area contributed by atoms with Crippen molar-refractivity contribution < 1.29 is 14.4 Å². The fourth-order valence-corrected chi connectivity index (χ4v) is 5.02. The number of rotatable bonds is 4. The molecule has 1 N–H and O–H groups in total. The highest BCUT2D eigenvalue weighted by atomic mass is 16.7. The maximum absolute atomic E-state index is 13.4. The lowest BCUT2D eigenvalue weighted by Crippen LogP contribution is -2.43. The van der Waals surface area contributed by atoms with Crippen molar-refractivity contribution in [2.24, 2.45) is 21.4 Å². The van der Waals surface area contributed by atoms with Gasteiger partial charge in [-0.05, 0) is 42.5 Å². The number of para-hydroxylation sites is 1. The summed E-state index contributed by atoms with van der Waals surface area (Å²) in [5.74, 6) is -0.470. The van der Waals surface area contributed by atoms with Gasteiger partial charge in [0.05, 0.1) is 16.7 Å². The molecule has 1 amide bonds. The summed E-state index contributed by atoms with van der Waals surface area (Å²) in [6.45, 7) is 6.39. The lowest BCUT2D eigenvalue weighted by atomic mass is 9.64. The molecule has 150 valence electrons. The summed E-state index contributed by atoms with van der Waals surface area (Å²) in [6.07, 6.45) is 2.13. The highest BCUT2D eigenvalue weighted by Gasteiger charge is 2.71. The number of hydrogen-bond acceptors (Lipinski definition) is 4. The molecule has 2 unspecified atom stereocenters. The molecule has 2 aromatic carbocycles. The summed E-state index contributed by atoms with van der Waals surface area (Å²) in [7, 11) is 0. The normalized spacial score (nSPS) is 28.3. The molecular weight excluding hydrogens is 364 g/mol. The Balaban J connectivity index is 1.59. The molecule has 2 atom stereocenters. The Hall–Kier alpha value is -2.95. The molecule has 2 fully saturated rings. The Morgan fingerprint density at radius 2 is 1.55 bits per heavy atom. The second-order valence-corrected chi connectivity index (χ2v) is 8.82. The van der Waals surface area contributed by atoms with Crippen LogP contribution in [0.15, 0.2) is 65.8 Å². The van der Waals surface area contributed by atoms with Gasteiger partial charge in [-0.15, -0.1) is 0 Å². The first-order valence-corrected chi connectivity index (χ1v) is 10.0. The first kappa shape index (κ1) is 19.4. The Morgan fingerprint density at radius 1 is 0.931 bits per heavy atom. The average Bonchev–Trinajstić information content (AvgIpc) is 3.04. The van der Waals surface area contributed by atoms with Gasteiger partial charge in [0.25, 0.3) is 0 Å². The number of fused-ring (bicyclic) bond motifs is 2. The van der Waals surface area contributed by atoms with Crippen molar-refractivity contribution in [2.75, 3.05) is 5.32 Å². The summed E-state index contributed by atoms with van der Waals surface area (Å²) < 4.78 is 0. The standard InChI is InChI=1S/C24H26N2O3/c1-22(2)23(3)14-15-24(22,21(28)25-18-12-8-5-9-13-18)16-19(23)26-29-20(27)17-10-6-4-7-11-17/h4-13H,14-16H2,1-3H3,(H,25,28)/b26-19+. The Kier molecular flexibility index (Phi) is 4.56. The molecule has 0 saturated heterocycles. The van der Waals surface area contributed by atoms with E-state index < -0.39 is 11.4 Å². The van der Waals surface area contributed by atoms with Gasteiger partial charge in [0.1, 0.15) is 0 Å². The van der Waals surface area contributed by atoms with Gasteiger partial charge in [-0.3, -0.25) is 4.79 Å². The molecule has 0 heterocycles. The van der Waals surface area contributed by atoms with E-state index in [1.165, 1.54) is 0 Å². The number of nitrogens with zero attached hydrogens (tertiary/aromatic N) is 1. The summed E-state index contributed by atoms with van der Waals surface area (Å²) in [5, 5.41) is 7.36. The summed E-state index contributed by atoms with van der Waals surface area (Å²) in [5.41, 5.74) is 0.865. The summed E-state index contributed by atoms with van der Waals surface area (Å²) in [6, 6.07) is 18.3. The Morgan fingerprint density at radius 3 is 2.21 bits per heavy atom. The third-order valence-corrected chi connectivity index (χ3v) is 7.45. The highest BCUT2D eigenvalue weighted by Crippen LogP contribution is 2.71. The van der Waals surface area contributed by atoms with Gasteiger partial charge >= 0.3 is 5.97 Å². The van der Waals surface area contributed by atoms with Crippen LogP contribution in [0.3, 0.4) is 0 Å².